The Balaban J connectivity index is 1.90. The first-order valence-electron chi connectivity index (χ1n) is 7.71. The van der Waals surface area contributed by atoms with E-state index in [1.165, 1.54) is 0 Å². The highest BCUT2D eigenvalue weighted by Gasteiger charge is 2.29. The predicted molar refractivity (Wildman–Crippen MR) is 85.5 cm³/mol. The van der Waals surface area contributed by atoms with Crippen molar-refractivity contribution >= 4 is 0 Å². The Kier molecular flexibility index (Phi) is 4.76. The van der Waals surface area contributed by atoms with Gasteiger partial charge in [0.2, 0.25) is 0 Å². The van der Waals surface area contributed by atoms with Crippen LogP contribution in [0.25, 0.3) is 0 Å². The number of furan rings is 1. The van der Waals surface area contributed by atoms with E-state index in [-0.39, 0.29) is 6.10 Å². The van der Waals surface area contributed by atoms with Crippen molar-refractivity contribution in [2.75, 3.05) is 27.9 Å². The van der Waals surface area contributed by atoms with Gasteiger partial charge < -0.3 is 23.4 Å². The summed E-state index contributed by atoms with van der Waals surface area (Å²) in [6.07, 6.45) is 3.43. The highest BCUT2D eigenvalue weighted by atomic mass is 16.5. The van der Waals surface area contributed by atoms with Gasteiger partial charge in [0.15, 0.2) is 11.5 Å². The minimum atomic E-state index is -0.0263. The van der Waals surface area contributed by atoms with Crippen molar-refractivity contribution in [3.8, 4) is 17.2 Å². The molecule has 2 atom stereocenters. The van der Waals surface area contributed by atoms with Crippen LogP contribution in [-0.4, -0.2) is 27.9 Å². The van der Waals surface area contributed by atoms with Crippen molar-refractivity contribution in [2.45, 2.75) is 24.9 Å². The molecule has 0 N–H and O–H groups in total. The molecule has 23 heavy (non-hydrogen) atoms. The molecule has 124 valence electrons. The Morgan fingerprint density at radius 3 is 2.39 bits per heavy atom. The SMILES string of the molecule is COc1cc(OC)c([C@@H]2CCO[C@H](c3ccco3)C2)cc1OC. The largest absolute Gasteiger partial charge is 0.496 e. The summed E-state index contributed by atoms with van der Waals surface area (Å²) < 4.78 is 27.7. The molecule has 0 bridgehead atoms. The lowest BCUT2D eigenvalue weighted by Gasteiger charge is -2.30. The smallest absolute Gasteiger partial charge is 0.164 e. The highest BCUT2D eigenvalue weighted by Crippen LogP contribution is 2.44. The zero-order valence-electron chi connectivity index (χ0n) is 13.7. The van der Waals surface area contributed by atoms with Crippen LogP contribution in [0.3, 0.4) is 0 Å². The number of hydrogen-bond donors (Lipinski definition) is 0. The van der Waals surface area contributed by atoms with Crippen LogP contribution in [0, 0.1) is 0 Å². The van der Waals surface area contributed by atoms with Crippen LogP contribution in [0.2, 0.25) is 0 Å². The second kappa shape index (κ2) is 6.96. The van der Waals surface area contributed by atoms with Crippen LogP contribution in [0.1, 0.15) is 36.2 Å². The summed E-state index contributed by atoms with van der Waals surface area (Å²) >= 11 is 0. The van der Waals surface area contributed by atoms with Gasteiger partial charge in [0.1, 0.15) is 17.6 Å². The fourth-order valence-corrected chi connectivity index (χ4v) is 3.12. The average Bonchev–Trinajstić information content (AvgIpc) is 3.15. The molecule has 0 unspecified atom stereocenters. The molecule has 3 rings (SSSR count). The molecule has 1 saturated heterocycles. The summed E-state index contributed by atoms with van der Waals surface area (Å²) in [7, 11) is 4.94. The standard InChI is InChI=1S/C18H22O5/c1-19-15-11-17(21-3)16(20-2)10-13(15)12-6-8-23-18(9-12)14-5-4-7-22-14/h4-5,7,10-12,18H,6,8-9H2,1-3H3/t12-,18+/m1/s1. The van der Waals surface area contributed by atoms with E-state index in [9.17, 15) is 0 Å². The van der Waals surface area contributed by atoms with Crippen LogP contribution in [0.5, 0.6) is 17.2 Å². The first-order chi connectivity index (χ1) is 11.3. The molecule has 0 spiro atoms. The molecule has 0 aliphatic carbocycles. The fourth-order valence-electron chi connectivity index (χ4n) is 3.12. The van der Waals surface area contributed by atoms with E-state index < -0.39 is 0 Å². The third-order valence-electron chi connectivity index (χ3n) is 4.32. The average molecular weight is 318 g/mol. The minimum absolute atomic E-state index is 0.0263. The summed E-state index contributed by atoms with van der Waals surface area (Å²) in [5, 5.41) is 0. The van der Waals surface area contributed by atoms with E-state index in [0.29, 0.717) is 24.0 Å². The molecule has 0 amide bonds. The molecular formula is C18H22O5. The summed E-state index contributed by atoms with van der Waals surface area (Å²) in [4.78, 5) is 0. The van der Waals surface area contributed by atoms with Gasteiger partial charge in [0, 0.05) is 18.2 Å². The number of rotatable bonds is 5. The van der Waals surface area contributed by atoms with E-state index in [4.69, 9.17) is 23.4 Å². The Hall–Kier alpha value is -2.14. The molecule has 2 heterocycles. The Labute approximate surface area is 136 Å². The molecule has 1 aromatic heterocycles. The topological polar surface area (TPSA) is 50.1 Å². The molecule has 2 aromatic rings. The van der Waals surface area contributed by atoms with Crippen molar-refractivity contribution in [2.24, 2.45) is 0 Å². The molecule has 0 saturated carbocycles. The van der Waals surface area contributed by atoms with Crippen molar-refractivity contribution in [1.29, 1.82) is 0 Å². The van der Waals surface area contributed by atoms with Gasteiger partial charge in [0.05, 0.1) is 27.6 Å². The van der Waals surface area contributed by atoms with E-state index >= 15 is 0 Å². The van der Waals surface area contributed by atoms with Gasteiger partial charge in [-0.15, -0.1) is 0 Å². The lowest BCUT2D eigenvalue weighted by molar-refractivity contribution is -0.00756. The maximum atomic E-state index is 5.86. The molecule has 0 radical (unpaired) electrons. The van der Waals surface area contributed by atoms with Gasteiger partial charge in [-0.25, -0.2) is 0 Å². The van der Waals surface area contributed by atoms with E-state index in [1.54, 1.807) is 27.6 Å². The number of methoxy groups -OCH3 is 3. The first kappa shape index (κ1) is 15.7. The van der Waals surface area contributed by atoms with Crippen LogP contribution in [-0.2, 0) is 4.74 Å². The number of ether oxygens (including phenoxy) is 4. The number of hydrogen-bond acceptors (Lipinski definition) is 5. The molecular weight excluding hydrogens is 296 g/mol. The normalized spacial score (nSPS) is 21.0. The summed E-state index contributed by atoms with van der Waals surface area (Å²) in [5.74, 6) is 3.38. The molecule has 1 aliphatic heterocycles. The van der Waals surface area contributed by atoms with Crippen LogP contribution in [0.15, 0.2) is 34.9 Å². The van der Waals surface area contributed by atoms with E-state index in [2.05, 4.69) is 0 Å². The number of benzene rings is 1. The summed E-state index contributed by atoms with van der Waals surface area (Å²) in [6, 6.07) is 7.73. The molecule has 5 nitrogen and oxygen atoms in total. The van der Waals surface area contributed by atoms with Crippen molar-refractivity contribution in [3.63, 3.8) is 0 Å². The zero-order valence-corrected chi connectivity index (χ0v) is 13.7. The molecule has 1 fully saturated rings. The third kappa shape index (κ3) is 3.15. The van der Waals surface area contributed by atoms with Crippen molar-refractivity contribution in [1.82, 2.24) is 0 Å². The molecule has 1 aromatic carbocycles. The third-order valence-corrected chi connectivity index (χ3v) is 4.32. The summed E-state index contributed by atoms with van der Waals surface area (Å²) in [5.41, 5.74) is 1.12. The Morgan fingerprint density at radius 2 is 1.74 bits per heavy atom. The second-order valence-electron chi connectivity index (χ2n) is 5.55. The van der Waals surface area contributed by atoms with Crippen molar-refractivity contribution < 1.29 is 23.4 Å². The van der Waals surface area contributed by atoms with Gasteiger partial charge in [0.25, 0.3) is 0 Å². The van der Waals surface area contributed by atoms with Gasteiger partial charge in [-0.3, -0.25) is 0 Å². The maximum absolute atomic E-state index is 5.86. The van der Waals surface area contributed by atoms with Gasteiger partial charge in [-0.05, 0) is 37.0 Å². The Morgan fingerprint density at radius 1 is 1.00 bits per heavy atom. The van der Waals surface area contributed by atoms with Crippen LogP contribution >= 0.6 is 0 Å². The Bertz CT molecular complexity index is 635. The predicted octanol–water partition coefficient (Wildman–Crippen LogP) is 3.94. The van der Waals surface area contributed by atoms with Gasteiger partial charge in [-0.1, -0.05) is 0 Å². The van der Waals surface area contributed by atoms with Crippen molar-refractivity contribution in [3.05, 3.63) is 41.9 Å². The van der Waals surface area contributed by atoms with E-state index in [1.807, 2.05) is 24.3 Å². The van der Waals surface area contributed by atoms with Crippen LogP contribution in [0.4, 0.5) is 0 Å². The molecule has 1 aliphatic rings. The van der Waals surface area contributed by atoms with Crippen LogP contribution < -0.4 is 14.2 Å². The quantitative estimate of drug-likeness (QED) is 0.835. The monoisotopic (exact) mass is 318 g/mol. The zero-order chi connectivity index (χ0) is 16.2. The maximum Gasteiger partial charge on any atom is 0.164 e. The lowest BCUT2D eigenvalue weighted by atomic mass is 9.87. The van der Waals surface area contributed by atoms with Gasteiger partial charge >= 0.3 is 0 Å². The van der Waals surface area contributed by atoms with E-state index in [0.717, 1.165) is 29.9 Å². The first-order valence-corrected chi connectivity index (χ1v) is 7.71. The highest BCUT2D eigenvalue weighted by molar-refractivity contribution is 5.52. The lowest BCUT2D eigenvalue weighted by Crippen LogP contribution is -2.19. The summed E-state index contributed by atoms with van der Waals surface area (Å²) in [6.45, 7) is 0.688. The molecule has 5 heteroatoms. The minimum Gasteiger partial charge on any atom is -0.496 e. The fraction of sp³-hybridized carbons (Fsp3) is 0.444. The van der Waals surface area contributed by atoms with Gasteiger partial charge in [-0.2, -0.15) is 0 Å². The second-order valence-corrected chi connectivity index (χ2v) is 5.55.